The highest BCUT2D eigenvalue weighted by Gasteiger charge is 2.11. The van der Waals surface area contributed by atoms with Gasteiger partial charge in [-0.15, -0.1) is 0 Å². The van der Waals surface area contributed by atoms with E-state index in [1.165, 1.54) is 0 Å². The van der Waals surface area contributed by atoms with E-state index >= 15 is 0 Å². The minimum absolute atomic E-state index is 0.186. The average molecular weight is 290 g/mol. The van der Waals surface area contributed by atoms with Crippen LogP contribution < -0.4 is 15.2 Å². The maximum atomic E-state index is 5.51. The van der Waals surface area contributed by atoms with Crippen LogP contribution in [0.5, 0.6) is 11.5 Å². The van der Waals surface area contributed by atoms with Crippen molar-refractivity contribution in [3.63, 3.8) is 0 Å². The number of hydrogen-bond acceptors (Lipinski definition) is 4. The van der Waals surface area contributed by atoms with Crippen LogP contribution in [0.15, 0.2) is 16.6 Å². The van der Waals surface area contributed by atoms with Crippen LogP contribution in [-0.4, -0.2) is 27.6 Å². The SMILES string of the molecule is COCOc1c(Br)cc(CCN)cc1OC. The van der Waals surface area contributed by atoms with E-state index in [2.05, 4.69) is 15.9 Å². The van der Waals surface area contributed by atoms with E-state index in [1.807, 2.05) is 12.1 Å². The average Bonchev–Trinajstić information content (AvgIpc) is 2.27. The first-order chi connectivity index (χ1) is 7.72. The van der Waals surface area contributed by atoms with Crippen LogP contribution in [0.4, 0.5) is 0 Å². The largest absolute Gasteiger partial charge is 0.493 e. The molecule has 1 aromatic carbocycles. The van der Waals surface area contributed by atoms with E-state index in [1.54, 1.807) is 14.2 Å². The lowest BCUT2D eigenvalue weighted by Crippen LogP contribution is -2.05. The van der Waals surface area contributed by atoms with Crippen LogP contribution in [-0.2, 0) is 11.2 Å². The molecule has 0 radical (unpaired) electrons. The maximum Gasteiger partial charge on any atom is 0.188 e. The highest BCUT2D eigenvalue weighted by Crippen LogP contribution is 2.36. The van der Waals surface area contributed by atoms with Crippen LogP contribution >= 0.6 is 15.9 Å². The molecule has 0 saturated carbocycles. The third-order valence-electron chi connectivity index (χ3n) is 2.04. The topological polar surface area (TPSA) is 53.7 Å². The minimum Gasteiger partial charge on any atom is -0.493 e. The molecule has 2 N–H and O–H groups in total. The van der Waals surface area contributed by atoms with Gasteiger partial charge in [-0.25, -0.2) is 0 Å². The number of rotatable bonds is 6. The summed E-state index contributed by atoms with van der Waals surface area (Å²) in [7, 11) is 3.18. The van der Waals surface area contributed by atoms with E-state index in [0.717, 1.165) is 16.5 Å². The predicted octanol–water partition coefficient (Wildman–Crippen LogP) is 1.94. The zero-order valence-electron chi connectivity index (χ0n) is 9.46. The Kier molecular flexibility index (Phi) is 5.59. The molecule has 4 nitrogen and oxygen atoms in total. The van der Waals surface area contributed by atoms with Gasteiger partial charge in [-0.2, -0.15) is 0 Å². The van der Waals surface area contributed by atoms with Gasteiger partial charge in [-0.1, -0.05) is 0 Å². The van der Waals surface area contributed by atoms with E-state index in [4.69, 9.17) is 19.9 Å². The van der Waals surface area contributed by atoms with Crippen LogP contribution in [0.1, 0.15) is 5.56 Å². The summed E-state index contributed by atoms with van der Waals surface area (Å²) < 4.78 is 16.4. The van der Waals surface area contributed by atoms with Crippen molar-refractivity contribution in [1.82, 2.24) is 0 Å². The molecule has 0 fully saturated rings. The van der Waals surface area contributed by atoms with Crippen molar-refractivity contribution < 1.29 is 14.2 Å². The van der Waals surface area contributed by atoms with Crippen molar-refractivity contribution in [2.45, 2.75) is 6.42 Å². The lowest BCUT2D eigenvalue weighted by atomic mass is 10.1. The fourth-order valence-electron chi connectivity index (χ4n) is 1.34. The number of hydrogen-bond donors (Lipinski definition) is 1. The van der Waals surface area contributed by atoms with Gasteiger partial charge in [0.05, 0.1) is 11.6 Å². The first kappa shape index (κ1) is 13.3. The Labute approximate surface area is 104 Å². The highest BCUT2D eigenvalue weighted by atomic mass is 79.9. The molecule has 0 aliphatic carbocycles. The lowest BCUT2D eigenvalue weighted by molar-refractivity contribution is 0.0486. The van der Waals surface area contributed by atoms with Gasteiger partial charge in [0.1, 0.15) is 0 Å². The van der Waals surface area contributed by atoms with Crippen molar-refractivity contribution in [1.29, 1.82) is 0 Å². The van der Waals surface area contributed by atoms with Gasteiger partial charge in [0.25, 0.3) is 0 Å². The molecule has 1 rings (SSSR count). The summed E-state index contributed by atoms with van der Waals surface area (Å²) in [5.74, 6) is 1.32. The zero-order valence-corrected chi connectivity index (χ0v) is 11.0. The van der Waals surface area contributed by atoms with Crippen molar-refractivity contribution in [2.75, 3.05) is 27.6 Å². The van der Waals surface area contributed by atoms with E-state index in [9.17, 15) is 0 Å². The molecule has 0 heterocycles. The second-order valence-electron chi connectivity index (χ2n) is 3.20. The van der Waals surface area contributed by atoms with E-state index in [-0.39, 0.29) is 6.79 Å². The second-order valence-corrected chi connectivity index (χ2v) is 4.05. The van der Waals surface area contributed by atoms with Crippen molar-refractivity contribution in [2.24, 2.45) is 5.73 Å². The van der Waals surface area contributed by atoms with Gasteiger partial charge in [-0.05, 0) is 46.6 Å². The number of ether oxygens (including phenoxy) is 3. The molecule has 0 aromatic heterocycles. The van der Waals surface area contributed by atoms with Gasteiger partial charge < -0.3 is 19.9 Å². The highest BCUT2D eigenvalue weighted by molar-refractivity contribution is 9.10. The second kappa shape index (κ2) is 6.73. The maximum absolute atomic E-state index is 5.51. The monoisotopic (exact) mass is 289 g/mol. The number of benzene rings is 1. The van der Waals surface area contributed by atoms with Gasteiger partial charge >= 0.3 is 0 Å². The molecular formula is C11H16BrNO3. The molecule has 0 aliphatic heterocycles. The summed E-state index contributed by atoms with van der Waals surface area (Å²) >= 11 is 3.44. The van der Waals surface area contributed by atoms with E-state index in [0.29, 0.717) is 18.0 Å². The van der Waals surface area contributed by atoms with Gasteiger partial charge in [0.2, 0.25) is 0 Å². The molecule has 0 aliphatic rings. The quantitative estimate of drug-likeness (QED) is 0.814. The normalized spacial score (nSPS) is 10.2. The standard InChI is InChI=1S/C11H16BrNO3/c1-14-7-16-11-9(12)5-8(3-4-13)6-10(11)15-2/h5-6H,3-4,7,13H2,1-2H3. The smallest absolute Gasteiger partial charge is 0.188 e. The zero-order chi connectivity index (χ0) is 12.0. The molecule has 0 saturated heterocycles. The number of halogens is 1. The summed E-state index contributed by atoms with van der Waals surface area (Å²) in [6.07, 6.45) is 0.805. The molecule has 0 spiro atoms. The Hall–Kier alpha value is -0.780. The molecule has 5 heteroatoms. The van der Waals surface area contributed by atoms with Crippen LogP contribution in [0.3, 0.4) is 0 Å². The van der Waals surface area contributed by atoms with Gasteiger partial charge in [-0.3, -0.25) is 0 Å². The first-order valence-corrected chi connectivity index (χ1v) is 5.70. The number of methoxy groups -OCH3 is 2. The summed E-state index contributed by atoms with van der Waals surface area (Å²) in [5, 5.41) is 0. The van der Waals surface area contributed by atoms with Gasteiger partial charge in [0.15, 0.2) is 18.3 Å². The Morgan fingerprint density at radius 1 is 1.31 bits per heavy atom. The molecule has 0 bridgehead atoms. The lowest BCUT2D eigenvalue weighted by Gasteiger charge is -2.13. The van der Waals surface area contributed by atoms with Crippen LogP contribution in [0, 0.1) is 0 Å². The molecule has 0 atom stereocenters. The van der Waals surface area contributed by atoms with Crippen LogP contribution in [0.25, 0.3) is 0 Å². The Bertz CT molecular complexity index is 344. The fourth-order valence-corrected chi connectivity index (χ4v) is 1.95. The summed E-state index contributed by atoms with van der Waals surface area (Å²) in [6, 6.07) is 3.89. The van der Waals surface area contributed by atoms with Crippen molar-refractivity contribution in [3.05, 3.63) is 22.2 Å². The molecular weight excluding hydrogens is 274 g/mol. The van der Waals surface area contributed by atoms with Crippen molar-refractivity contribution in [3.8, 4) is 11.5 Å². The first-order valence-electron chi connectivity index (χ1n) is 4.91. The Morgan fingerprint density at radius 2 is 2.06 bits per heavy atom. The third-order valence-corrected chi connectivity index (χ3v) is 2.63. The van der Waals surface area contributed by atoms with Gasteiger partial charge in [0, 0.05) is 7.11 Å². The molecule has 0 amide bonds. The molecule has 0 unspecified atom stereocenters. The summed E-state index contributed by atoms with van der Waals surface area (Å²) in [6.45, 7) is 0.791. The molecule has 90 valence electrons. The summed E-state index contributed by atoms with van der Waals surface area (Å²) in [4.78, 5) is 0. The third kappa shape index (κ3) is 3.37. The molecule has 1 aromatic rings. The molecule has 16 heavy (non-hydrogen) atoms. The predicted molar refractivity (Wildman–Crippen MR) is 66.0 cm³/mol. The Morgan fingerprint density at radius 3 is 2.62 bits per heavy atom. The van der Waals surface area contributed by atoms with E-state index < -0.39 is 0 Å². The van der Waals surface area contributed by atoms with Crippen LogP contribution in [0.2, 0.25) is 0 Å². The summed E-state index contributed by atoms with van der Waals surface area (Å²) in [5.41, 5.74) is 6.62. The fraction of sp³-hybridized carbons (Fsp3) is 0.455. The minimum atomic E-state index is 0.186. The van der Waals surface area contributed by atoms with Crippen molar-refractivity contribution >= 4 is 15.9 Å². The number of nitrogens with two attached hydrogens (primary N) is 1. The Balaban J connectivity index is 2.97.